The van der Waals surface area contributed by atoms with Gasteiger partial charge in [-0.15, -0.1) is 11.6 Å². The van der Waals surface area contributed by atoms with E-state index in [1.54, 1.807) is 6.20 Å². The molecule has 2 heterocycles. The molecule has 2 rings (SSSR count). The highest BCUT2D eigenvalue weighted by Gasteiger charge is 2.26. The number of piperazine rings is 1. The molecule has 1 aromatic rings. The second-order valence-corrected chi connectivity index (χ2v) is 7.41. The molecule has 0 spiro atoms. The molecule has 1 aliphatic heterocycles. The molecule has 100 valence electrons. The number of anilines is 1. The van der Waals surface area contributed by atoms with E-state index in [1.165, 1.54) is 4.31 Å². The molecule has 0 radical (unpaired) electrons. The average molecular weight is 355 g/mol. The van der Waals surface area contributed by atoms with Crippen LogP contribution in [0.3, 0.4) is 0 Å². The molecule has 0 N–H and O–H groups in total. The van der Waals surface area contributed by atoms with E-state index in [1.807, 2.05) is 12.1 Å². The van der Waals surface area contributed by atoms with Crippen molar-refractivity contribution >= 4 is 43.4 Å². The van der Waals surface area contributed by atoms with Crippen LogP contribution in [0.15, 0.2) is 22.8 Å². The third kappa shape index (κ3) is 3.14. The van der Waals surface area contributed by atoms with Crippen molar-refractivity contribution in [3.8, 4) is 0 Å². The number of hydrogen-bond donors (Lipinski definition) is 0. The Bertz CT molecular complexity index is 500. The molecule has 1 aliphatic rings. The van der Waals surface area contributed by atoms with Crippen LogP contribution in [-0.4, -0.2) is 49.1 Å². The minimum absolute atomic E-state index is 0.358. The molecule has 1 fully saturated rings. The minimum atomic E-state index is -3.29. The molecule has 0 amide bonds. The van der Waals surface area contributed by atoms with E-state index in [9.17, 15) is 8.42 Å². The first-order valence-electron chi connectivity index (χ1n) is 5.43. The molecule has 1 aromatic heterocycles. The topological polar surface area (TPSA) is 53.5 Å². The fourth-order valence-corrected chi connectivity index (χ4v) is 3.33. The smallest absolute Gasteiger partial charge is 0.228 e. The van der Waals surface area contributed by atoms with Crippen molar-refractivity contribution in [2.45, 2.75) is 0 Å². The van der Waals surface area contributed by atoms with E-state index in [0.717, 1.165) is 10.3 Å². The van der Waals surface area contributed by atoms with E-state index in [-0.39, 0.29) is 5.21 Å². The molecule has 0 bridgehead atoms. The van der Waals surface area contributed by atoms with Gasteiger partial charge in [0.25, 0.3) is 0 Å². The average Bonchev–Trinajstić information content (AvgIpc) is 2.40. The highest BCUT2D eigenvalue weighted by Crippen LogP contribution is 2.17. The van der Waals surface area contributed by atoms with E-state index in [0.29, 0.717) is 26.2 Å². The Morgan fingerprint density at radius 1 is 1.28 bits per heavy atom. The van der Waals surface area contributed by atoms with Crippen molar-refractivity contribution < 1.29 is 8.42 Å². The zero-order valence-electron chi connectivity index (χ0n) is 9.59. The Kier molecular flexibility index (Phi) is 4.47. The van der Waals surface area contributed by atoms with Gasteiger partial charge in [-0.05, 0) is 28.1 Å². The van der Waals surface area contributed by atoms with Gasteiger partial charge >= 0.3 is 0 Å². The molecule has 1 saturated heterocycles. The fraction of sp³-hybridized carbons (Fsp3) is 0.500. The Labute approximate surface area is 120 Å². The van der Waals surface area contributed by atoms with Crippen LogP contribution < -0.4 is 4.90 Å². The number of pyridine rings is 1. The van der Waals surface area contributed by atoms with Gasteiger partial charge in [-0.1, -0.05) is 0 Å². The SMILES string of the molecule is O=S(=O)(CCl)N1CCN(c2ccc(Br)cn2)CC1. The molecule has 0 unspecified atom stereocenters. The fourth-order valence-electron chi connectivity index (χ4n) is 1.82. The van der Waals surface area contributed by atoms with E-state index in [2.05, 4.69) is 25.8 Å². The van der Waals surface area contributed by atoms with Crippen LogP contribution in [0.25, 0.3) is 0 Å². The summed E-state index contributed by atoms with van der Waals surface area (Å²) in [7, 11) is -3.29. The van der Waals surface area contributed by atoms with Crippen molar-refractivity contribution in [1.82, 2.24) is 9.29 Å². The van der Waals surface area contributed by atoms with E-state index in [4.69, 9.17) is 11.6 Å². The van der Waals surface area contributed by atoms with Crippen molar-refractivity contribution in [3.63, 3.8) is 0 Å². The molecule has 0 atom stereocenters. The van der Waals surface area contributed by atoms with Crippen molar-refractivity contribution in [2.75, 3.05) is 36.3 Å². The molecular formula is C10H13BrClN3O2S. The van der Waals surface area contributed by atoms with Gasteiger partial charge in [0, 0.05) is 36.8 Å². The maximum absolute atomic E-state index is 11.6. The summed E-state index contributed by atoms with van der Waals surface area (Å²) in [6.07, 6.45) is 1.73. The number of aromatic nitrogens is 1. The van der Waals surface area contributed by atoms with Gasteiger partial charge in [0.1, 0.15) is 11.0 Å². The molecule has 0 aromatic carbocycles. The van der Waals surface area contributed by atoms with E-state index < -0.39 is 10.0 Å². The highest BCUT2D eigenvalue weighted by atomic mass is 79.9. The molecule has 0 aliphatic carbocycles. The number of sulfonamides is 1. The monoisotopic (exact) mass is 353 g/mol. The first kappa shape index (κ1) is 14.0. The predicted molar refractivity (Wildman–Crippen MR) is 75.4 cm³/mol. The second-order valence-electron chi connectivity index (χ2n) is 3.94. The lowest BCUT2D eigenvalue weighted by Gasteiger charge is -2.34. The zero-order chi connectivity index (χ0) is 13.2. The van der Waals surface area contributed by atoms with Crippen molar-refractivity contribution in [1.29, 1.82) is 0 Å². The molecule has 8 heteroatoms. The summed E-state index contributed by atoms with van der Waals surface area (Å²) in [6, 6.07) is 3.83. The lowest BCUT2D eigenvalue weighted by molar-refractivity contribution is 0.386. The van der Waals surface area contributed by atoms with Gasteiger partial charge in [0.15, 0.2) is 0 Å². The third-order valence-corrected chi connectivity index (χ3v) is 5.53. The Hall–Kier alpha value is -0.370. The van der Waals surface area contributed by atoms with Gasteiger partial charge < -0.3 is 4.90 Å². The number of nitrogens with zero attached hydrogens (tertiary/aromatic N) is 3. The van der Waals surface area contributed by atoms with Gasteiger partial charge in [-0.2, -0.15) is 4.31 Å². The summed E-state index contributed by atoms with van der Waals surface area (Å²) < 4.78 is 25.5. The first-order valence-corrected chi connectivity index (χ1v) is 8.37. The van der Waals surface area contributed by atoms with Crippen LogP contribution in [0.2, 0.25) is 0 Å². The highest BCUT2D eigenvalue weighted by molar-refractivity contribution is 9.10. The Morgan fingerprint density at radius 2 is 1.94 bits per heavy atom. The van der Waals surface area contributed by atoms with Crippen LogP contribution >= 0.6 is 27.5 Å². The van der Waals surface area contributed by atoms with Crippen LogP contribution in [0.1, 0.15) is 0 Å². The molecule has 0 saturated carbocycles. The molecule has 5 nitrogen and oxygen atoms in total. The van der Waals surface area contributed by atoms with Gasteiger partial charge in [-0.25, -0.2) is 13.4 Å². The lowest BCUT2D eigenvalue weighted by atomic mass is 10.3. The maximum Gasteiger partial charge on any atom is 0.228 e. The standard InChI is InChI=1S/C10H13BrClN3O2S/c11-9-1-2-10(13-7-9)14-3-5-15(6-4-14)18(16,17)8-12/h1-2,7H,3-6,8H2. The van der Waals surface area contributed by atoms with E-state index >= 15 is 0 Å². The predicted octanol–water partition coefficient (Wildman–Crippen LogP) is 1.49. The maximum atomic E-state index is 11.6. The molecule has 18 heavy (non-hydrogen) atoms. The quantitative estimate of drug-likeness (QED) is 0.772. The normalized spacial score (nSPS) is 18.0. The summed E-state index contributed by atoms with van der Waals surface area (Å²) in [5.74, 6) is 0.862. The van der Waals surface area contributed by atoms with Crippen LogP contribution in [0.4, 0.5) is 5.82 Å². The summed E-state index contributed by atoms with van der Waals surface area (Å²) in [5.41, 5.74) is 0. The van der Waals surface area contributed by atoms with Crippen LogP contribution in [-0.2, 0) is 10.0 Å². The number of rotatable bonds is 3. The Morgan fingerprint density at radius 3 is 2.44 bits per heavy atom. The largest absolute Gasteiger partial charge is 0.354 e. The molecular weight excluding hydrogens is 342 g/mol. The summed E-state index contributed by atoms with van der Waals surface area (Å²) >= 11 is 8.77. The third-order valence-electron chi connectivity index (χ3n) is 2.81. The Balaban J connectivity index is 2.01. The van der Waals surface area contributed by atoms with Gasteiger partial charge in [0.2, 0.25) is 10.0 Å². The van der Waals surface area contributed by atoms with Crippen molar-refractivity contribution in [2.24, 2.45) is 0 Å². The second kappa shape index (κ2) is 5.73. The van der Waals surface area contributed by atoms with Crippen molar-refractivity contribution in [3.05, 3.63) is 22.8 Å². The van der Waals surface area contributed by atoms with Gasteiger partial charge in [0.05, 0.1) is 0 Å². The van der Waals surface area contributed by atoms with Crippen LogP contribution in [0, 0.1) is 0 Å². The van der Waals surface area contributed by atoms with Gasteiger partial charge in [-0.3, -0.25) is 0 Å². The first-order chi connectivity index (χ1) is 8.53. The number of halogens is 2. The number of alkyl halides is 1. The van der Waals surface area contributed by atoms with Crippen LogP contribution in [0.5, 0.6) is 0 Å². The number of hydrogen-bond acceptors (Lipinski definition) is 4. The summed E-state index contributed by atoms with van der Waals surface area (Å²) in [4.78, 5) is 6.36. The minimum Gasteiger partial charge on any atom is -0.354 e. The lowest BCUT2D eigenvalue weighted by Crippen LogP contribution is -2.49. The zero-order valence-corrected chi connectivity index (χ0v) is 12.7. The summed E-state index contributed by atoms with van der Waals surface area (Å²) in [5, 5.41) is -0.358. The summed E-state index contributed by atoms with van der Waals surface area (Å²) in [6.45, 7) is 2.16.